The Hall–Kier alpha value is -1.45. The molecule has 0 amide bonds. The highest BCUT2D eigenvalue weighted by atomic mass is 16.4. The summed E-state index contributed by atoms with van der Waals surface area (Å²) in [4.78, 5) is 18.2. The second-order valence-electron chi connectivity index (χ2n) is 2.54. The zero-order valence-electron chi connectivity index (χ0n) is 6.82. The minimum absolute atomic E-state index is 0.109. The van der Waals surface area contributed by atoms with Crippen LogP contribution in [0.2, 0.25) is 0 Å². The number of hydrogen-bond donors (Lipinski definition) is 1. The fraction of sp³-hybridized carbons (Fsp3) is 0.375. The van der Waals surface area contributed by atoms with Gasteiger partial charge in [-0.05, 0) is 6.92 Å². The zero-order chi connectivity index (χ0) is 8.97. The molecule has 0 saturated carbocycles. The fourth-order valence-corrected chi connectivity index (χ4v) is 0.783. The molecule has 1 rings (SSSR count). The summed E-state index contributed by atoms with van der Waals surface area (Å²) in [6, 6.07) is 0. The molecule has 0 aliphatic rings. The third kappa shape index (κ3) is 2.65. The van der Waals surface area contributed by atoms with Crippen molar-refractivity contribution >= 4 is 5.97 Å². The van der Waals surface area contributed by atoms with Crippen LogP contribution in [0.4, 0.5) is 0 Å². The van der Waals surface area contributed by atoms with E-state index >= 15 is 0 Å². The van der Waals surface area contributed by atoms with Crippen molar-refractivity contribution in [2.75, 3.05) is 0 Å². The van der Waals surface area contributed by atoms with Gasteiger partial charge in [-0.15, -0.1) is 0 Å². The maximum atomic E-state index is 10.2. The molecule has 0 aromatic carbocycles. The minimum atomic E-state index is -0.808. The van der Waals surface area contributed by atoms with Crippen molar-refractivity contribution in [3.05, 3.63) is 23.8 Å². The number of carboxylic acid groups (broad SMARTS) is 1. The lowest BCUT2D eigenvalue weighted by molar-refractivity contribution is -0.136. The van der Waals surface area contributed by atoms with Crippen molar-refractivity contribution in [3.63, 3.8) is 0 Å². The normalized spacial score (nSPS) is 9.75. The molecule has 4 nitrogen and oxygen atoms in total. The summed E-state index contributed by atoms with van der Waals surface area (Å²) in [6.07, 6.45) is 3.80. The average molecular weight is 166 g/mol. The number of nitrogens with zero attached hydrogens (tertiary/aromatic N) is 2. The van der Waals surface area contributed by atoms with Crippen LogP contribution in [0.1, 0.15) is 17.8 Å². The van der Waals surface area contributed by atoms with Crippen LogP contribution in [0.3, 0.4) is 0 Å². The molecule has 0 spiro atoms. The Morgan fingerprint density at radius 2 is 2.25 bits per heavy atom. The summed E-state index contributed by atoms with van der Waals surface area (Å²) in [6.45, 7) is 1.84. The molecule has 1 aromatic rings. The number of aryl methyl sites for hydroxylation is 2. The molecule has 0 radical (unpaired) electrons. The van der Waals surface area contributed by atoms with Crippen molar-refractivity contribution in [1.29, 1.82) is 0 Å². The molecule has 0 aliphatic carbocycles. The van der Waals surface area contributed by atoms with E-state index in [-0.39, 0.29) is 6.42 Å². The average Bonchev–Trinajstić information content (AvgIpc) is 2.03. The molecule has 1 aromatic heterocycles. The van der Waals surface area contributed by atoms with Crippen LogP contribution in [0.15, 0.2) is 12.4 Å². The molecule has 64 valence electrons. The van der Waals surface area contributed by atoms with Crippen molar-refractivity contribution in [3.8, 4) is 0 Å². The molecule has 0 unspecified atom stereocenters. The van der Waals surface area contributed by atoms with Crippen LogP contribution in [-0.2, 0) is 11.2 Å². The second kappa shape index (κ2) is 3.80. The van der Waals surface area contributed by atoms with Crippen LogP contribution in [0.25, 0.3) is 0 Å². The Morgan fingerprint density at radius 1 is 1.50 bits per heavy atom. The molecule has 0 saturated heterocycles. The SMILES string of the molecule is Cc1cnc(CCC(=O)O)cn1. The molecule has 0 fully saturated rings. The van der Waals surface area contributed by atoms with Crippen LogP contribution in [0.5, 0.6) is 0 Å². The van der Waals surface area contributed by atoms with Gasteiger partial charge in [0.25, 0.3) is 0 Å². The predicted molar refractivity (Wildman–Crippen MR) is 42.7 cm³/mol. The largest absolute Gasteiger partial charge is 0.481 e. The van der Waals surface area contributed by atoms with E-state index in [0.717, 1.165) is 11.4 Å². The number of carbonyl (C=O) groups is 1. The smallest absolute Gasteiger partial charge is 0.303 e. The van der Waals surface area contributed by atoms with Gasteiger partial charge in [0.15, 0.2) is 0 Å². The van der Waals surface area contributed by atoms with Gasteiger partial charge in [-0.2, -0.15) is 0 Å². The summed E-state index contributed by atoms with van der Waals surface area (Å²) < 4.78 is 0. The highest BCUT2D eigenvalue weighted by Gasteiger charge is 1.99. The van der Waals surface area contributed by atoms with E-state index in [9.17, 15) is 4.79 Å². The molecule has 4 heteroatoms. The number of aliphatic carboxylic acids is 1. The van der Waals surface area contributed by atoms with Crippen molar-refractivity contribution in [2.45, 2.75) is 19.8 Å². The Labute approximate surface area is 70.3 Å². The first kappa shape index (κ1) is 8.64. The summed E-state index contributed by atoms with van der Waals surface area (Å²) in [5.41, 5.74) is 1.57. The number of rotatable bonds is 3. The third-order valence-electron chi connectivity index (χ3n) is 1.43. The first-order valence-corrected chi connectivity index (χ1v) is 3.68. The van der Waals surface area contributed by atoms with Gasteiger partial charge in [0, 0.05) is 18.8 Å². The molecule has 0 atom stereocenters. The minimum Gasteiger partial charge on any atom is -0.481 e. The highest BCUT2D eigenvalue weighted by Crippen LogP contribution is 1.97. The lowest BCUT2D eigenvalue weighted by Gasteiger charge is -1.96. The summed E-state index contributed by atoms with van der Waals surface area (Å²) in [5.74, 6) is -0.808. The monoisotopic (exact) mass is 166 g/mol. The van der Waals surface area contributed by atoms with E-state index in [1.54, 1.807) is 12.4 Å². The topological polar surface area (TPSA) is 63.1 Å². The maximum Gasteiger partial charge on any atom is 0.303 e. The molecule has 12 heavy (non-hydrogen) atoms. The Balaban J connectivity index is 2.53. The van der Waals surface area contributed by atoms with Gasteiger partial charge in [0.1, 0.15) is 0 Å². The van der Waals surface area contributed by atoms with Gasteiger partial charge in [-0.3, -0.25) is 14.8 Å². The number of hydrogen-bond acceptors (Lipinski definition) is 3. The van der Waals surface area contributed by atoms with Crippen molar-refractivity contribution in [1.82, 2.24) is 9.97 Å². The predicted octanol–water partition coefficient (Wildman–Crippen LogP) is 0.802. The van der Waals surface area contributed by atoms with Crippen molar-refractivity contribution in [2.24, 2.45) is 0 Å². The van der Waals surface area contributed by atoms with Gasteiger partial charge in [0.2, 0.25) is 0 Å². The molecular formula is C8H10N2O2. The summed E-state index contributed by atoms with van der Waals surface area (Å²) in [5, 5.41) is 8.38. The molecular weight excluding hydrogens is 156 g/mol. The van der Waals surface area contributed by atoms with Crippen LogP contribution in [-0.4, -0.2) is 21.0 Å². The lowest BCUT2D eigenvalue weighted by atomic mass is 10.2. The second-order valence-corrected chi connectivity index (χ2v) is 2.54. The van der Waals surface area contributed by atoms with E-state index in [0.29, 0.717) is 6.42 Å². The number of carboxylic acids is 1. The summed E-state index contributed by atoms with van der Waals surface area (Å²) >= 11 is 0. The first-order chi connectivity index (χ1) is 5.68. The standard InChI is InChI=1S/C8H10N2O2/c1-6-4-10-7(5-9-6)2-3-8(11)12/h4-5H,2-3H2,1H3,(H,11,12). The quantitative estimate of drug-likeness (QED) is 0.721. The number of aromatic nitrogens is 2. The van der Waals surface area contributed by atoms with Crippen LogP contribution in [0, 0.1) is 6.92 Å². The Bertz CT molecular complexity index is 269. The third-order valence-corrected chi connectivity index (χ3v) is 1.43. The van der Waals surface area contributed by atoms with Crippen LogP contribution < -0.4 is 0 Å². The Kier molecular flexibility index (Phi) is 2.74. The summed E-state index contributed by atoms with van der Waals surface area (Å²) in [7, 11) is 0. The van der Waals surface area contributed by atoms with E-state index in [4.69, 9.17) is 5.11 Å². The zero-order valence-corrected chi connectivity index (χ0v) is 6.82. The maximum absolute atomic E-state index is 10.2. The van der Waals surface area contributed by atoms with Gasteiger partial charge in [-0.25, -0.2) is 0 Å². The molecule has 1 heterocycles. The van der Waals surface area contributed by atoms with Crippen molar-refractivity contribution < 1.29 is 9.90 Å². The molecule has 0 bridgehead atoms. The van der Waals surface area contributed by atoms with Gasteiger partial charge in [0.05, 0.1) is 17.8 Å². The Morgan fingerprint density at radius 3 is 2.75 bits per heavy atom. The lowest BCUT2D eigenvalue weighted by Crippen LogP contribution is -1.99. The van der Waals surface area contributed by atoms with Crippen LogP contribution >= 0.6 is 0 Å². The van der Waals surface area contributed by atoms with E-state index in [1.807, 2.05) is 6.92 Å². The van der Waals surface area contributed by atoms with Gasteiger partial charge in [-0.1, -0.05) is 0 Å². The van der Waals surface area contributed by atoms with E-state index in [1.165, 1.54) is 0 Å². The molecule has 1 N–H and O–H groups in total. The molecule has 0 aliphatic heterocycles. The fourth-order valence-electron chi connectivity index (χ4n) is 0.783. The van der Waals surface area contributed by atoms with E-state index < -0.39 is 5.97 Å². The van der Waals surface area contributed by atoms with Gasteiger partial charge < -0.3 is 5.11 Å². The highest BCUT2D eigenvalue weighted by molar-refractivity contribution is 5.66. The van der Waals surface area contributed by atoms with E-state index in [2.05, 4.69) is 9.97 Å². The first-order valence-electron chi connectivity index (χ1n) is 3.68. The van der Waals surface area contributed by atoms with Gasteiger partial charge >= 0.3 is 5.97 Å².